The van der Waals surface area contributed by atoms with Crippen LogP contribution in [-0.4, -0.2) is 50.0 Å². The SMILES string of the molecule is C/C=C(\CC(CC)C(C)(C)C)C1(NCC(O)C(Cc2cc(F)cc(F)c2NCC)n2cnnn2)CCCCC1. The summed E-state index contributed by atoms with van der Waals surface area (Å²) in [6.07, 6.45) is 10.6. The lowest BCUT2D eigenvalue weighted by Gasteiger charge is -2.44. The molecule has 1 saturated carbocycles. The lowest BCUT2D eigenvalue weighted by molar-refractivity contribution is 0.0892. The lowest BCUT2D eigenvalue weighted by Crippen LogP contribution is -2.52. The van der Waals surface area contributed by atoms with Crippen molar-refractivity contribution in [2.75, 3.05) is 18.4 Å². The van der Waals surface area contributed by atoms with Crippen LogP contribution in [0.5, 0.6) is 0 Å². The Labute approximate surface area is 232 Å². The summed E-state index contributed by atoms with van der Waals surface area (Å²) < 4.78 is 30.4. The van der Waals surface area contributed by atoms with Gasteiger partial charge in [-0.3, -0.25) is 0 Å². The van der Waals surface area contributed by atoms with Crippen LogP contribution >= 0.6 is 0 Å². The van der Waals surface area contributed by atoms with E-state index in [-0.39, 0.29) is 23.1 Å². The number of aliphatic hydroxyl groups excluding tert-OH is 1. The van der Waals surface area contributed by atoms with Gasteiger partial charge >= 0.3 is 0 Å². The molecule has 1 aliphatic carbocycles. The highest BCUT2D eigenvalue weighted by molar-refractivity contribution is 5.53. The summed E-state index contributed by atoms with van der Waals surface area (Å²) in [6, 6.07) is 1.58. The number of nitrogens with zero attached hydrogens (tertiary/aromatic N) is 4. The number of aromatic nitrogens is 4. The predicted molar refractivity (Wildman–Crippen MR) is 153 cm³/mol. The first-order valence-corrected chi connectivity index (χ1v) is 14.6. The molecule has 7 nitrogen and oxygen atoms in total. The van der Waals surface area contributed by atoms with E-state index in [2.05, 4.69) is 66.9 Å². The Kier molecular flexibility index (Phi) is 11.0. The number of β-amino-alcohol motifs (C(OH)–C–C–N with tert-alkyl or cyclic N) is 1. The maximum Gasteiger partial charge on any atom is 0.149 e. The van der Waals surface area contributed by atoms with E-state index in [0.717, 1.165) is 44.6 Å². The molecule has 3 unspecified atom stereocenters. The second-order valence-electron chi connectivity index (χ2n) is 12.1. The first kappa shape index (κ1) is 31.1. The van der Waals surface area contributed by atoms with Crippen molar-refractivity contribution < 1.29 is 13.9 Å². The van der Waals surface area contributed by atoms with Gasteiger partial charge in [0.25, 0.3) is 0 Å². The van der Waals surface area contributed by atoms with Crippen molar-refractivity contribution in [2.45, 2.75) is 111 Å². The number of benzene rings is 1. The first-order valence-electron chi connectivity index (χ1n) is 14.6. The lowest BCUT2D eigenvalue weighted by atomic mass is 9.68. The fourth-order valence-corrected chi connectivity index (χ4v) is 6.23. The summed E-state index contributed by atoms with van der Waals surface area (Å²) in [5.41, 5.74) is 2.11. The second kappa shape index (κ2) is 13.8. The highest BCUT2D eigenvalue weighted by Gasteiger charge is 2.38. The Morgan fingerprint density at radius 2 is 1.90 bits per heavy atom. The van der Waals surface area contributed by atoms with Crippen LogP contribution < -0.4 is 10.6 Å². The number of nitrogens with one attached hydrogen (secondary N) is 2. The number of halogens is 2. The van der Waals surface area contributed by atoms with Gasteiger partial charge < -0.3 is 15.7 Å². The fourth-order valence-electron chi connectivity index (χ4n) is 6.23. The predicted octanol–water partition coefficient (Wildman–Crippen LogP) is 6.23. The third-order valence-corrected chi connectivity index (χ3v) is 8.57. The molecule has 2 aromatic rings. The fraction of sp³-hybridized carbons (Fsp3) is 0.700. The van der Waals surface area contributed by atoms with Gasteiger partial charge in [0, 0.05) is 24.7 Å². The topological polar surface area (TPSA) is 87.9 Å². The molecule has 1 aromatic heterocycles. The summed E-state index contributed by atoms with van der Waals surface area (Å²) in [5, 5.41) is 29.9. The van der Waals surface area contributed by atoms with E-state index in [1.54, 1.807) is 0 Å². The Morgan fingerprint density at radius 3 is 2.46 bits per heavy atom. The van der Waals surface area contributed by atoms with Crippen LogP contribution in [0.2, 0.25) is 0 Å². The van der Waals surface area contributed by atoms with E-state index in [1.165, 1.54) is 29.1 Å². The van der Waals surface area contributed by atoms with E-state index in [9.17, 15) is 13.9 Å². The standard InChI is InChI=1S/C30H48F2N6O/c1-7-22(29(4,5)6)17-23(8-2)30(13-11-10-12-14-30)34-19-27(39)26(38-20-35-36-37-38)16-21-15-24(31)18-25(32)28(21)33-9-3/h8,15,18,20,22,26-27,33-34,39H,7,9-14,16-17,19H2,1-6H3/b23-8+. The van der Waals surface area contributed by atoms with Crippen LogP contribution in [0.3, 0.4) is 0 Å². The Bertz CT molecular complexity index is 1060. The molecular weight excluding hydrogens is 498 g/mol. The molecule has 1 fully saturated rings. The molecule has 3 rings (SSSR count). The molecule has 1 heterocycles. The molecule has 1 aliphatic rings. The van der Waals surface area contributed by atoms with Crippen LogP contribution in [-0.2, 0) is 6.42 Å². The number of rotatable bonds is 13. The van der Waals surface area contributed by atoms with Crippen molar-refractivity contribution in [3.63, 3.8) is 0 Å². The Hall–Kier alpha value is -2.39. The van der Waals surface area contributed by atoms with Gasteiger partial charge in [0.1, 0.15) is 18.0 Å². The molecule has 1 aromatic carbocycles. The summed E-state index contributed by atoms with van der Waals surface area (Å²) in [4.78, 5) is 0. The molecule has 3 atom stereocenters. The number of hydrogen-bond donors (Lipinski definition) is 3. The molecule has 218 valence electrons. The number of anilines is 1. The van der Waals surface area contributed by atoms with Crippen molar-refractivity contribution in [2.24, 2.45) is 11.3 Å². The van der Waals surface area contributed by atoms with Crippen LogP contribution in [0.1, 0.15) is 98.1 Å². The zero-order valence-electron chi connectivity index (χ0n) is 24.6. The minimum atomic E-state index is -0.893. The highest BCUT2D eigenvalue weighted by atomic mass is 19.1. The average molecular weight is 547 g/mol. The molecule has 0 spiro atoms. The van der Waals surface area contributed by atoms with E-state index < -0.39 is 23.8 Å². The summed E-state index contributed by atoms with van der Waals surface area (Å²) in [5.74, 6) is -0.760. The largest absolute Gasteiger partial charge is 0.390 e. The third kappa shape index (κ3) is 7.84. The van der Waals surface area contributed by atoms with Crippen molar-refractivity contribution in [1.29, 1.82) is 0 Å². The molecule has 0 radical (unpaired) electrons. The summed E-state index contributed by atoms with van der Waals surface area (Å²) in [6.45, 7) is 14.0. The van der Waals surface area contributed by atoms with Crippen molar-refractivity contribution in [3.8, 4) is 0 Å². The zero-order valence-corrected chi connectivity index (χ0v) is 24.6. The van der Waals surface area contributed by atoms with Crippen LogP contribution in [0, 0.1) is 23.0 Å². The van der Waals surface area contributed by atoms with Gasteiger partial charge in [-0.1, -0.05) is 65.0 Å². The quantitative estimate of drug-likeness (QED) is 0.258. The second-order valence-corrected chi connectivity index (χ2v) is 12.1. The summed E-state index contributed by atoms with van der Waals surface area (Å²) in [7, 11) is 0. The molecule has 39 heavy (non-hydrogen) atoms. The van der Waals surface area contributed by atoms with Gasteiger partial charge in [-0.2, -0.15) is 0 Å². The van der Waals surface area contributed by atoms with Crippen LogP contribution in [0.25, 0.3) is 0 Å². The smallest absolute Gasteiger partial charge is 0.149 e. The molecular formula is C30H48F2N6O. The van der Waals surface area contributed by atoms with Gasteiger partial charge in [-0.25, -0.2) is 13.5 Å². The van der Waals surface area contributed by atoms with E-state index in [0.29, 0.717) is 24.6 Å². The van der Waals surface area contributed by atoms with Crippen LogP contribution in [0.15, 0.2) is 30.1 Å². The molecule has 0 bridgehead atoms. The number of aliphatic hydroxyl groups is 1. The normalized spacial score (nSPS) is 18.5. The first-order chi connectivity index (χ1) is 18.5. The van der Waals surface area contributed by atoms with Crippen molar-refractivity contribution in [3.05, 3.63) is 47.3 Å². The molecule has 0 amide bonds. The molecule has 9 heteroatoms. The van der Waals surface area contributed by atoms with Gasteiger partial charge in [-0.15, -0.1) is 5.10 Å². The Balaban J connectivity index is 1.87. The van der Waals surface area contributed by atoms with Gasteiger partial charge in [-0.05, 0) is 72.9 Å². The average Bonchev–Trinajstić information content (AvgIpc) is 3.43. The number of allylic oxidation sites excluding steroid dienone is 1. The van der Waals surface area contributed by atoms with Crippen LogP contribution in [0.4, 0.5) is 14.5 Å². The summed E-state index contributed by atoms with van der Waals surface area (Å²) >= 11 is 0. The minimum absolute atomic E-state index is 0.163. The molecule has 3 N–H and O–H groups in total. The number of tetrazole rings is 1. The van der Waals surface area contributed by atoms with E-state index in [1.807, 2.05) is 6.92 Å². The molecule has 0 saturated heterocycles. The molecule has 0 aliphatic heterocycles. The Morgan fingerprint density at radius 1 is 1.18 bits per heavy atom. The van der Waals surface area contributed by atoms with E-state index >= 15 is 0 Å². The highest BCUT2D eigenvalue weighted by Crippen LogP contribution is 2.42. The zero-order chi connectivity index (χ0) is 28.6. The van der Waals surface area contributed by atoms with E-state index in [4.69, 9.17) is 0 Å². The maximum absolute atomic E-state index is 14.6. The maximum atomic E-state index is 14.6. The number of hydrogen-bond acceptors (Lipinski definition) is 6. The minimum Gasteiger partial charge on any atom is -0.390 e. The van der Waals surface area contributed by atoms with Gasteiger partial charge in [0.2, 0.25) is 0 Å². The monoisotopic (exact) mass is 546 g/mol. The van der Waals surface area contributed by atoms with Gasteiger partial charge in [0.15, 0.2) is 0 Å². The van der Waals surface area contributed by atoms with Gasteiger partial charge in [0.05, 0.1) is 17.8 Å². The van der Waals surface area contributed by atoms with Crippen molar-refractivity contribution in [1.82, 2.24) is 25.5 Å². The van der Waals surface area contributed by atoms with Crippen molar-refractivity contribution >= 4 is 5.69 Å². The third-order valence-electron chi connectivity index (χ3n) is 8.57.